The topological polar surface area (TPSA) is 78.2 Å². The Bertz CT molecular complexity index is 1120. The number of carbonyl (C=O) groups is 2. The first-order valence-electron chi connectivity index (χ1n) is 13.1. The van der Waals surface area contributed by atoms with Crippen LogP contribution in [0.2, 0.25) is 0 Å². The van der Waals surface area contributed by atoms with Gasteiger partial charge in [0.2, 0.25) is 5.91 Å². The van der Waals surface area contributed by atoms with Crippen molar-refractivity contribution in [3.8, 4) is 0 Å². The molecule has 0 bridgehead atoms. The molecule has 1 fully saturated rings. The predicted molar refractivity (Wildman–Crippen MR) is 139 cm³/mol. The second-order valence-electron chi connectivity index (χ2n) is 9.91. The van der Waals surface area contributed by atoms with Crippen molar-refractivity contribution in [1.82, 2.24) is 4.57 Å². The molecule has 0 radical (unpaired) electrons. The second kappa shape index (κ2) is 11.5. The maximum absolute atomic E-state index is 13.3. The van der Waals surface area contributed by atoms with Gasteiger partial charge in [-0.1, -0.05) is 60.7 Å². The fourth-order valence-corrected chi connectivity index (χ4v) is 6.05. The minimum atomic E-state index is -0.851. The highest BCUT2D eigenvalue weighted by atomic mass is 16.5. The van der Waals surface area contributed by atoms with Crippen LogP contribution in [0.1, 0.15) is 68.4 Å². The molecule has 1 amide bonds. The Morgan fingerprint density at radius 1 is 1.00 bits per heavy atom. The lowest BCUT2D eigenvalue weighted by atomic mass is 9.64. The van der Waals surface area contributed by atoms with Crippen molar-refractivity contribution in [2.24, 2.45) is 11.7 Å². The van der Waals surface area contributed by atoms with Gasteiger partial charge in [0.25, 0.3) is 5.82 Å². The van der Waals surface area contributed by atoms with Crippen LogP contribution in [-0.2, 0) is 26.3 Å². The first-order valence-corrected chi connectivity index (χ1v) is 13.1. The van der Waals surface area contributed by atoms with Crippen molar-refractivity contribution in [2.45, 2.75) is 70.4 Å². The van der Waals surface area contributed by atoms with Crippen LogP contribution in [0.15, 0.2) is 73.1 Å². The fraction of sp³-hybridized carbons (Fsp3) is 0.433. The summed E-state index contributed by atoms with van der Waals surface area (Å²) in [5.74, 6) is 0.844. The minimum Gasteiger partial charge on any atom is -0.466 e. The van der Waals surface area contributed by atoms with Crippen LogP contribution in [0, 0.1) is 12.8 Å². The predicted octanol–water partition coefficient (Wildman–Crippen LogP) is 4.63. The Kier molecular flexibility index (Phi) is 8.24. The summed E-state index contributed by atoms with van der Waals surface area (Å²) in [5, 5.41) is 0. The lowest BCUT2D eigenvalue weighted by molar-refractivity contribution is -0.703. The van der Waals surface area contributed by atoms with Crippen LogP contribution in [-0.4, -0.2) is 23.1 Å². The number of primary amides is 1. The van der Waals surface area contributed by atoms with Crippen molar-refractivity contribution in [3.05, 3.63) is 90.0 Å². The number of hydrogen-bond acceptors (Lipinski definition) is 3. The van der Waals surface area contributed by atoms with E-state index < -0.39 is 5.41 Å². The van der Waals surface area contributed by atoms with E-state index in [1.54, 1.807) is 0 Å². The molecule has 1 aliphatic rings. The van der Waals surface area contributed by atoms with Gasteiger partial charge in [-0.05, 0) is 55.6 Å². The third kappa shape index (κ3) is 5.23. The zero-order chi connectivity index (χ0) is 25.5. The normalized spacial score (nSPS) is 17.7. The Morgan fingerprint density at radius 3 is 2.22 bits per heavy atom. The molecule has 2 N–H and O–H groups in total. The highest BCUT2D eigenvalue weighted by Gasteiger charge is 2.51. The minimum absolute atomic E-state index is 0.112. The zero-order valence-corrected chi connectivity index (χ0v) is 21.4. The number of amides is 1. The molecule has 2 aromatic carbocycles. The molecule has 6 heteroatoms. The van der Waals surface area contributed by atoms with Crippen LogP contribution in [0.25, 0.3) is 0 Å². The summed E-state index contributed by atoms with van der Waals surface area (Å²) in [7, 11) is 0. The van der Waals surface area contributed by atoms with E-state index in [-0.39, 0.29) is 17.8 Å². The number of rotatable bonds is 11. The average Bonchev–Trinajstić information content (AvgIpc) is 3.50. The highest BCUT2D eigenvalue weighted by molar-refractivity contribution is 5.91. The molecule has 190 valence electrons. The summed E-state index contributed by atoms with van der Waals surface area (Å²) in [4.78, 5) is 24.2. The van der Waals surface area contributed by atoms with E-state index in [1.165, 1.54) is 12.7 Å². The number of carbonyl (C=O) groups excluding carboxylic acids is 2. The Morgan fingerprint density at radius 2 is 1.64 bits per heavy atom. The van der Waals surface area contributed by atoms with Crippen molar-refractivity contribution in [1.29, 1.82) is 0 Å². The van der Waals surface area contributed by atoms with E-state index in [9.17, 15) is 9.59 Å². The van der Waals surface area contributed by atoms with Gasteiger partial charge in [0.1, 0.15) is 23.9 Å². The summed E-state index contributed by atoms with van der Waals surface area (Å²) in [5.41, 5.74) is 7.36. The second-order valence-corrected chi connectivity index (χ2v) is 9.91. The quantitative estimate of drug-likeness (QED) is 0.243. The maximum Gasteiger partial charge on any atom is 0.302 e. The molecule has 0 spiro atoms. The molecular weight excluding hydrogens is 450 g/mol. The fourth-order valence-electron chi connectivity index (χ4n) is 6.05. The molecule has 1 saturated carbocycles. The zero-order valence-electron chi connectivity index (χ0n) is 21.4. The Balaban J connectivity index is 1.51. The van der Waals surface area contributed by atoms with Gasteiger partial charge in [-0.2, -0.15) is 0 Å². The molecule has 0 unspecified atom stereocenters. The number of nitrogens with zero attached hydrogens (tertiary/aromatic N) is 2. The first kappa shape index (κ1) is 25.7. The summed E-state index contributed by atoms with van der Waals surface area (Å²) in [6.45, 7) is 5.05. The van der Waals surface area contributed by atoms with E-state index in [1.807, 2.05) is 60.7 Å². The molecule has 6 nitrogen and oxygen atoms in total. The maximum atomic E-state index is 13.3. The molecule has 1 heterocycles. The van der Waals surface area contributed by atoms with E-state index in [0.29, 0.717) is 12.6 Å². The summed E-state index contributed by atoms with van der Waals surface area (Å²) < 4.78 is 9.70. The van der Waals surface area contributed by atoms with Crippen LogP contribution >= 0.6 is 0 Å². The number of imidazole rings is 1. The monoisotopic (exact) mass is 488 g/mol. The number of esters is 1. The number of unbranched alkanes of at least 4 members (excludes halogenated alkanes) is 2. The molecule has 1 aliphatic carbocycles. The van der Waals surface area contributed by atoms with Crippen molar-refractivity contribution in [3.63, 3.8) is 0 Å². The van der Waals surface area contributed by atoms with E-state index in [2.05, 4.69) is 28.5 Å². The van der Waals surface area contributed by atoms with E-state index in [4.69, 9.17) is 10.5 Å². The SMILES string of the molecule is CC(=O)OCCCCC[n+]1ccn([C@H]2CC[C@@H](C(C(N)=O)(c3ccccc3)c3ccccc3)C2)c1C. The van der Waals surface area contributed by atoms with E-state index >= 15 is 0 Å². The van der Waals surface area contributed by atoms with Crippen molar-refractivity contribution < 1.29 is 18.9 Å². The van der Waals surface area contributed by atoms with Crippen molar-refractivity contribution in [2.75, 3.05) is 6.61 Å². The standard InChI is InChI=1S/C30H37N3O3/c1-23-32(18-10-5-11-21-36-24(2)34)19-20-33(23)28-17-16-27(22-28)30(29(31)35,25-12-6-3-7-13-25)26-14-8-4-9-15-26/h3-4,6-9,12-15,19-20,27-28H,5,10-11,16-18,21-22H2,1-2H3,(H-,31,35)/p+1/t27-,28+/m1/s1. The smallest absolute Gasteiger partial charge is 0.302 e. The van der Waals surface area contributed by atoms with Gasteiger partial charge < -0.3 is 10.5 Å². The van der Waals surface area contributed by atoms with Gasteiger partial charge in [-0.15, -0.1) is 0 Å². The van der Waals surface area contributed by atoms with Gasteiger partial charge in [-0.25, -0.2) is 9.13 Å². The van der Waals surface area contributed by atoms with Gasteiger partial charge in [0.15, 0.2) is 0 Å². The lowest BCUT2D eigenvalue weighted by Crippen LogP contribution is -2.47. The highest BCUT2D eigenvalue weighted by Crippen LogP contribution is 2.49. The average molecular weight is 489 g/mol. The number of hydrogen-bond donors (Lipinski definition) is 1. The van der Waals surface area contributed by atoms with Crippen LogP contribution in [0.5, 0.6) is 0 Å². The van der Waals surface area contributed by atoms with Crippen LogP contribution in [0.4, 0.5) is 0 Å². The van der Waals surface area contributed by atoms with Gasteiger partial charge >= 0.3 is 5.97 Å². The van der Waals surface area contributed by atoms with Crippen LogP contribution < -0.4 is 10.3 Å². The number of nitrogens with two attached hydrogens (primary N) is 1. The Labute approximate surface area is 214 Å². The van der Waals surface area contributed by atoms with Crippen molar-refractivity contribution >= 4 is 11.9 Å². The molecule has 1 aromatic heterocycles. The summed E-state index contributed by atoms with van der Waals surface area (Å²) in [6, 6.07) is 20.4. The van der Waals surface area contributed by atoms with Crippen LogP contribution in [0.3, 0.4) is 0 Å². The molecule has 0 aliphatic heterocycles. The first-order chi connectivity index (χ1) is 17.4. The summed E-state index contributed by atoms with van der Waals surface area (Å²) in [6.07, 6.45) is 10.1. The Hall–Kier alpha value is -3.41. The van der Waals surface area contributed by atoms with E-state index in [0.717, 1.165) is 56.2 Å². The molecule has 3 aromatic rings. The third-order valence-electron chi connectivity index (χ3n) is 7.80. The third-order valence-corrected chi connectivity index (χ3v) is 7.80. The number of aryl methyl sites for hydroxylation is 1. The largest absolute Gasteiger partial charge is 0.466 e. The molecule has 2 atom stereocenters. The number of benzene rings is 2. The van der Waals surface area contributed by atoms with Gasteiger partial charge in [0.05, 0.1) is 13.2 Å². The lowest BCUT2D eigenvalue weighted by Gasteiger charge is -2.37. The number of aromatic nitrogens is 2. The molecule has 36 heavy (non-hydrogen) atoms. The molecule has 4 rings (SSSR count). The molecular formula is C30H38N3O3+. The van der Waals surface area contributed by atoms with Gasteiger partial charge in [-0.3, -0.25) is 9.59 Å². The number of ether oxygens (including phenoxy) is 1. The van der Waals surface area contributed by atoms with Gasteiger partial charge in [0, 0.05) is 13.8 Å². The summed E-state index contributed by atoms with van der Waals surface area (Å²) >= 11 is 0. The molecule has 0 saturated heterocycles.